The minimum Gasteiger partial charge on any atom is -0.497 e. The highest BCUT2D eigenvalue weighted by atomic mass is 19.1. The predicted octanol–water partition coefficient (Wildman–Crippen LogP) is 3.85. The van der Waals surface area contributed by atoms with Crippen LogP contribution in [0, 0.1) is 5.82 Å². The van der Waals surface area contributed by atoms with Gasteiger partial charge in [-0.25, -0.2) is 14.2 Å². The quantitative estimate of drug-likeness (QED) is 0.432. The summed E-state index contributed by atoms with van der Waals surface area (Å²) in [6, 6.07) is 18.2. The number of rotatable bonds is 7. The maximum Gasteiger partial charge on any atom is 0.338 e. The van der Waals surface area contributed by atoms with Gasteiger partial charge >= 0.3 is 5.97 Å². The summed E-state index contributed by atoms with van der Waals surface area (Å²) in [5, 5.41) is 2.62. The summed E-state index contributed by atoms with van der Waals surface area (Å²) in [5.41, 5.74) is 3.29. The Hall–Kier alpha value is -4.20. The Morgan fingerprint density at radius 3 is 2.50 bits per heavy atom. The van der Waals surface area contributed by atoms with Gasteiger partial charge in [-0.05, 0) is 60.2 Å². The lowest BCUT2D eigenvalue weighted by Gasteiger charge is -2.07. The largest absolute Gasteiger partial charge is 0.497 e. The molecule has 0 aliphatic heterocycles. The molecule has 4 aromatic rings. The molecule has 1 amide bonds. The molecule has 7 nitrogen and oxygen atoms in total. The van der Waals surface area contributed by atoms with Gasteiger partial charge in [0.15, 0.2) is 6.61 Å². The number of fused-ring (bicyclic) bond motifs is 1. The smallest absolute Gasteiger partial charge is 0.338 e. The van der Waals surface area contributed by atoms with Crippen molar-refractivity contribution in [2.24, 2.45) is 0 Å². The molecule has 0 spiro atoms. The normalized spacial score (nSPS) is 10.7. The minimum absolute atomic E-state index is 0.213. The number of esters is 1. The number of halogens is 1. The van der Waals surface area contributed by atoms with Gasteiger partial charge in [0.25, 0.3) is 5.91 Å². The standard InChI is InChI=1S/C24H20FN3O4/c1-31-19-9-4-16(5-10-19)23-27-20-11-6-17(12-21(20)28-23)24(30)32-14-22(29)26-13-15-2-7-18(25)8-3-15/h2-12H,13-14H2,1H3,(H,26,29)(H,27,28). The SMILES string of the molecule is COc1ccc(-c2nc3ccc(C(=O)OCC(=O)NCc4ccc(F)cc4)cc3[nH]2)cc1. The number of carbonyl (C=O) groups excluding carboxylic acids is 2. The Balaban J connectivity index is 1.36. The van der Waals surface area contributed by atoms with E-state index < -0.39 is 18.5 Å². The Morgan fingerprint density at radius 1 is 1.03 bits per heavy atom. The summed E-state index contributed by atoms with van der Waals surface area (Å²) < 4.78 is 23.2. The number of aromatic amines is 1. The Labute approximate surface area is 183 Å². The number of nitrogens with one attached hydrogen (secondary N) is 2. The Kier molecular flexibility index (Phi) is 6.12. The fraction of sp³-hybridized carbons (Fsp3) is 0.125. The second-order valence-corrected chi connectivity index (χ2v) is 7.03. The van der Waals surface area contributed by atoms with Crippen molar-refractivity contribution < 1.29 is 23.5 Å². The molecular weight excluding hydrogens is 413 g/mol. The van der Waals surface area contributed by atoms with E-state index in [0.29, 0.717) is 22.4 Å². The van der Waals surface area contributed by atoms with Crippen LogP contribution in [0.2, 0.25) is 0 Å². The number of methoxy groups -OCH3 is 1. The van der Waals surface area contributed by atoms with E-state index in [-0.39, 0.29) is 12.4 Å². The number of carbonyl (C=O) groups is 2. The number of benzene rings is 3. The van der Waals surface area contributed by atoms with Crippen molar-refractivity contribution in [3.63, 3.8) is 0 Å². The number of aromatic nitrogens is 2. The summed E-state index contributed by atoms with van der Waals surface area (Å²) in [7, 11) is 1.60. The molecule has 0 aliphatic rings. The molecule has 0 atom stereocenters. The topological polar surface area (TPSA) is 93.3 Å². The molecule has 0 saturated heterocycles. The van der Waals surface area contributed by atoms with Crippen LogP contribution in [0.4, 0.5) is 4.39 Å². The fourth-order valence-electron chi connectivity index (χ4n) is 3.09. The van der Waals surface area contributed by atoms with Crippen LogP contribution in [0.25, 0.3) is 22.4 Å². The number of amides is 1. The molecule has 0 unspecified atom stereocenters. The number of hydrogen-bond donors (Lipinski definition) is 2. The molecule has 0 bridgehead atoms. The summed E-state index contributed by atoms with van der Waals surface area (Å²) in [6.07, 6.45) is 0. The lowest BCUT2D eigenvalue weighted by Crippen LogP contribution is -2.28. The lowest BCUT2D eigenvalue weighted by molar-refractivity contribution is -0.124. The van der Waals surface area contributed by atoms with Crippen LogP contribution >= 0.6 is 0 Å². The van der Waals surface area contributed by atoms with Crippen molar-refractivity contribution in [1.29, 1.82) is 0 Å². The van der Waals surface area contributed by atoms with Gasteiger partial charge in [-0.15, -0.1) is 0 Å². The van der Waals surface area contributed by atoms with Crippen LogP contribution in [0.5, 0.6) is 5.75 Å². The van der Waals surface area contributed by atoms with Gasteiger partial charge in [-0.3, -0.25) is 4.79 Å². The Bertz CT molecular complexity index is 1250. The molecule has 3 aromatic carbocycles. The molecule has 0 aliphatic carbocycles. The van der Waals surface area contributed by atoms with Crippen LogP contribution in [-0.4, -0.2) is 35.6 Å². The first-order valence-corrected chi connectivity index (χ1v) is 9.84. The molecule has 0 saturated carbocycles. The highest BCUT2D eigenvalue weighted by Crippen LogP contribution is 2.23. The van der Waals surface area contributed by atoms with E-state index in [2.05, 4.69) is 15.3 Å². The highest BCUT2D eigenvalue weighted by molar-refractivity contribution is 5.95. The van der Waals surface area contributed by atoms with Gasteiger partial charge in [-0.2, -0.15) is 0 Å². The highest BCUT2D eigenvalue weighted by Gasteiger charge is 2.13. The zero-order valence-corrected chi connectivity index (χ0v) is 17.2. The number of nitrogens with zero attached hydrogens (tertiary/aromatic N) is 1. The maximum atomic E-state index is 12.9. The summed E-state index contributed by atoms with van der Waals surface area (Å²) in [4.78, 5) is 32.0. The van der Waals surface area contributed by atoms with Crippen molar-refractivity contribution in [3.8, 4) is 17.1 Å². The van der Waals surface area contributed by atoms with Gasteiger partial charge in [0, 0.05) is 12.1 Å². The first kappa shape index (κ1) is 21.0. The molecular formula is C24H20FN3O4. The van der Waals surface area contributed by atoms with E-state index in [4.69, 9.17) is 9.47 Å². The zero-order chi connectivity index (χ0) is 22.5. The summed E-state index contributed by atoms with van der Waals surface area (Å²) in [5.74, 6) is -0.0131. The molecule has 162 valence electrons. The lowest BCUT2D eigenvalue weighted by atomic mass is 10.2. The van der Waals surface area contributed by atoms with E-state index in [1.807, 2.05) is 24.3 Å². The number of imidazole rings is 1. The monoisotopic (exact) mass is 433 g/mol. The second kappa shape index (κ2) is 9.30. The number of H-pyrrole nitrogens is 1. The van der Waals surface area contributed by atoms with E-state index in [1.54, 1.807) is 37.4 Å². The van der Waals surface area contributed by atoms with Crippen molar-refractivity contribution in [2.75, 3.05) is 13.7 Å². The van der Waals surface area contributed by atoms with Gasteiger partial charge in [0.1, 0.15) is 17.4 Å². The molecule has 1 aromatic heterocycles. The Morgan fingerprint density at radius 2 is 1.78 bits per heavy atom. The summed E-state index contributed by atoms with van der Waals surface area (Å²) in [6.45, 7) is -0.205. The molecule has 0 radical (unpaired) electrons. The van der Waals surface area contributed by atoms with Gasteiger partial charge in [0.05, 0.1) is 23.7 Å². The van der Waals surface area contributed by atoms with Crippen LogP contribution in [-0.2, 0) is 16.1 Å². The van der Waals surface area contributed by atoms with Gasteiger partial charge in [-0.1, -0.05) is 12.1 Å². The van der Waals surface area contributed by atoms with Gasteiger partial charge in [0.2, 0.25) is 0 Å². The fourth-order valence-corrected chi connectivity index (χ4v) is 3.09. The average molecular weight is 433 g/mol. The summed E-state index contributed by atoms with van der Waals surface area (Å²) >= 11 is 0. The van der Waals surface area contributed by atoms with E-state index in [9.17, 15) is 14.0 Å². The van der Waals surface area contributed by atoms with E-state index in [1.165, 1.54) is 12.1 Å². The van der Waals surface area contributed by atoms with Crippen LogP contribution in [0.1, 0.15) is 15.9 Å². The number of hydrogen-bond acceptors (Lipinski definition) is 5. The van der Waals surface area contributed by atoms with Crippen molar-refractivity contribution in [2.45, 2.75) is 6.54 Å². The third-order valence-corrected chi connectivity index (χ3v) is 4.82. The van der Waals surface area contributed by atoms with Crippen molar-refractivity contribution in [1.82, 2.24) is 15.3 Å². The molecule has 4 rings (SSSR count). The second-order valence-electron chi connectivity index (χ2n) is 7.03. The third kappa shape index (κ3) is 4.92. The van der Waals surface area contributed by atoms with Crippen LogP contribution in [0.15, 0.2) is 66.7 Å². The molecule has 2 N–H and O–H groups in total. The van der Waals surface area contributed by atoms with Gasteiger partial charge < -0.3 is 19.8 Å². The van der Waals surface area contributed by atoms with E-state index >= 15 is 0 Å². The van der Waals surface area contributed by atoms with Crippen LogP contribution in [0.3, 0.4) is 0 Å². The van der Waals surface area contributed by atoms with Crippen molar-refractivity contribution >= 4 is 22.9 Å². The predicted molar refractivity (Wildman–Crippen MR) is 117 cm³/mol. The van der Waals surface area contributed by atoms with E-state index in [0.717, 1.165) is 16.9 Å². The molecule has 8 heteroatoms. The third-order valence-electron chi connectivity index (χ3n) is 4.82. The first-order valence-electron chi connectivity index (χ1n) is 9.84. The molecule has 0 fully saturated rings. The maximum absolute atomic E-state index is 12.9. The minimum atomic E-state index is -0.621. The first-order chi connectivity index (χ1) is 15.5. The van der Waals surface area contributed by atoms with Crippen LogP contribution < -0.4 is 10.1 Å². The molecule has 32 heavy (non-hydrogen) atoms. The number of ether oxygens (including phenoxy) is 2. The molecule has 1 heterocycles. The average Bonchev–Trinajstić information content (AvgIpc) is 3.25. The zero-order valence-electron chi connectivity index (χ0n) is 17.2. The van der Waals surface area contributed by atoms with Crippen molar-refractivity contribution in [3.05, 3.63) is 83.7 Å².